The molecule has 0 aromatic rings. The van der Waals surface area contributed by atoms with Gasteiger partial charge in [0.2, 0.25) is 0 Å². The maximum absolute atomic E-state index is 11.6. The lowest BCUT2D eigenvalue weighted by Gasteiger charge is -2.37. The van der Waals surface area contributed by atoms with E-state index in [4.69, 9.17) is 0 Å². The first kappa shape index (κ1) is 15.7. The predicted octanol–water partition coefficient (Wildman–Crippen LogP) is 2.01. The van der Waals surface area contributed by atoms with Gasteiger partial charge in [0.05, 0.1) is 0 Å². The molecule has 1 saturated carbocycles. The van der Waals surface area contributed by atoms with Crippen LogP contribution in [0.1, 0.15) is 46.5 Å². The van der Waals surface area contributed by atoms with Crippen molar-refractivity contribution in [2.45, 2.75) is 52.5 Å². The molecule has 19 heavy (non-hydrogen) atoms. The van der Waals surface area contributed by atoms with Crippen LogP contribution in [0.2, 0.25) is 0 Å². The summed E-state index contributed by atoms with van der Waals surface area (Å²) in [6.45, 7) is 10.6. The van der Waals surface area contributed by atoms with E-state index < -0.39 is 11.8 Å². The second-order valence-corrected chi connectivity index (χ2v) is 6.39. The number of hydrogen-bond acceptors (Lipinski definition) is 2. The van der Waals surface area contributed by atoms with Crippen molar-refractivity contribution in [2.24, 2.45) is 11.3 Å². The number of nitrogens with one attached hydrogen (secondary N) is 2. The Kier molecular flexibility index (Phi) is 5.58. The van der Waals surface area contributed by atoms with Gasteiger partial charge in [0.1, 0.15) is 0 Å². The Bertz CT molecular complexity index is 337. The minimum absolute atomic E-state index is 0.139. The highest BCUT2D eigenvalue weighted by Crippen LogP contribution is 2.37. The fraction of sp³-hybridized carbons (Fsp3) is 0.733. The quantitative estimate of drug-likeness (QED) is 0.606. The van der Waals surface area contributed by atoms with E-state index in [1.54, 1.807) is 6.08 Å². The first-order chi connectivity index (χ1) is 8.84. The molecule has 2 N–H and O–H groups in total. The van der Waals surface area contributed by atoms with Crippen LogP contribution < -0.4 is 10.6 Å². The molecule has 4 heteroatoms. The molecule has 0 unspecified atom stereocenters. The third-order valence-electron chi connectivity index (χ3n) is 3.90. The van der Waals surface area contributed by atoms with Crippen molar-refractivity contribution >= 4 is 11.8 Å². The highest BCUT2D eigenvalue weighted by Gasteiger charge is 2.30. The third kappa shape index (κ3) is 5.05. The van der Waals surface area contributed by atoms with Gasteiger partial charge in [0.15, 0.2) is 0 Å². The normalized spacial score (nSPS) is 23.5. The Morgan fingerprint density at radius 3 is 2.21 bits per heavy atom. The highest BCUT2D eigenvalue weighted by atomic mass is 16.2. The van der Waals surface area contributed by atoms with Crippen LogP contribution in [-0.2, 0) is 9.59 Å². The summed E-state index contributed by atoms with van der Waals surface area (Å²) in [7, 11) is 0. The first-order valence-corrected chi connectivity index (χ1v) is 7.04. The van der Waals surface area contributed by atoms with Gasteiger partial charge in [-0.2, -0.15) is 0 Å². The number of carbonyl (C=O) groups is 2. The van der Waals surface area contributed by atoms with Crippen molar-refractivity contribution in [1.29, 1.82) is 0 Å². The van der Waals surface area contributed by atoms with Crippen molar-refractivity contribution in [2.75, 3.05) is 6.54 Å². The monoisotopic (exact) mass is 266 g/mol. The average molecular weight is 266 g/mol. The van der Waals surface area contributed by atoms with Gasteiger partial charge >= 0.3 is 11.8 Å². The Labute approximate surface area is 116 Å². The smallest absolute Gasteiger partial charge is 0.309 e. The van der Waals surface area contributed by atoms with E-state index in [2.05, 4.69) is 38.0 Å². The van der Waals surface area contributed by atoms with E-state index in [1.807, 2.05) is 0 Å². The van der Waals surface area contributed by atoms with Crippen LogP contribution in [-0.4, -0.2) is 24.4 Å². The van der Waals surface area contributed by atoms with Crippen LogP contribution in [0.25, 0.3) is 0 Å². The van der Waals surface area contributed by atoms with Gasteiger partial charge in [-0.15, -0.1) is 6.58 Å². The average Bonchev–Trinajstić information content (AvgIpc) is 2.35. The lowest BCUT2D eigenvalue weighted by molar-refractivity contribution is -0.139. The second-order valence-electron chi connectivity index (χ2n) is 6.39. The van der Waals surface area contributed by atoms with E-state index in [0.29, 0.717) is 17.9 Å². The minimum atomic E-state index is -0.571. The summed E-state index contributed by atoms with van der Waals surface area (Å²) in [5.41, 5.74) is 0.330. The second kappa shape index (κ2) is 6.73. The van der Waals surface area contributed by atoms with Crippen LogP contribution in [0.5, 0.6) is 0 Å². The molecule has 1 aliphatic carbocycles. The molecule has 1 aliphatic rings. The number of amides is 2. The van der Waals surface area contributed by atoms with E-state index in [0.717, 1.165) is 25.7 Å². The summed E-state index contributed by atoms with van der Waals surface area (Å²) >= 11 is 0. The summed E-state index contributed by atoms with van der Waals surface area (Å²) in [4.78, 5) is 23.1. The summed E-state index contributed by atoms with van der Waals surface area (Å²) in [6, 6.07) is 0.139. The zero-order chi connectivity index (χ0) is 14.5. The molecule has 2 amide bonds. The molecule has 0 atom stereocenters. The Morgan fingerprint density at radius 2 is 1.74 bits per heavy atom. The van der Waals surface area contributed by atoms with Crippen molar-refractivity contribution < 1.29 is 9.59 Å². The molecule has 108 valence electrons. The zero-order valence-electron chi connectivity index (χ0n) is 12.3. The van der Waals surface area contributed by atoms with Crippen LogP contribution in [0.4, 0.5) is 0 Å². The van der Waals surface area contributed by atoms with Gasteiger partial charge in [-0.05, 0) is 37.0 Å². The van der Waals surface area contributed by atoms with E-state index in [-0.39, 0.29) is 6.04 Å². The number of hydrogen-bond donors (Lipinski definition) is 2. The predicted molar refractivity (Wildman–Crippen MR) is 76.6 cm³/mol. The molecule has 0 spiro atoms. The number of carbonyl (C=O) groups excluding carboxylic acids is 2. The zero-order valence-corrected chi connectivity index (χ0v) is 12.3. The SMILES string of the molecule is C=CCNC(=O)C(=O)NC1CCC(C(C)(C)C)CC1. The van der Waals surface area contributed by atoms with Crippen molar-refractivity contribution in [1.82, 2.24) is 10.6 Å². The molecule has 0 radical (unpaired) electrons. The Balaban J connectivity index is 2.35. The Morgan fingerprint density at radius 1 is 1.16 bits per heavy atom. The summed E-state index contributed by atoms with van der Waals surface area (Å²) in [6.07, 6.45) is 5.70. The lowest BCUT2D eigenvalue weighted by atomic mass is 9.71. The van der Waals surface area contributed by atoms with E-state index >= 15 is 0 Å². The maximum Gasteiger partial charge on any atom is 0.309 e. The van der Waals surface area contributed by atoms with Crippen LogP contribution in [0.3, 0.4) is 0 Å². The van der Waals surface area contributed by atoms with Crippen molar-refractivity contribution in [3.63, 3.8) is 0 Å². The topological polar surface area (TPSA) is 58.2 Å². The van der Waals surface area contributed by atoms with Crippen LogP contribution in [0, 0.1) is 11.3 Å². The van der Waals surface area contributed by atoms with E-state index in [1.165, 1.54) is 0 Å². The molecule has 1 rings (SSSR count). The lowest BCUT2D eigenvalue weighted by Crippen LogP contribution is -2.46. The van der Waals surface area contributed by atoms with Gasteiger partial charge in [0, 0.05) is 12.6 Å². The summed E-state index contributed by atoms with van der Waals surface area (Å²) in [5.74, 6) is -0.394. The molecule has 4 nitrogen and oxygen atoms in total. The highest BCUT2D eigenvalue weighted by molar-refractivity contribution is 6.35. The van der Waals surface area contributed by atoms with Gasteiger partial charge in [-0.3, -0.25) is 9.59 Å². The largest absolute Gasteiger partial charge is 0.345 e. The van der Waals surface area contributed by atoms with Crippen molar-refractivity contribution in [3.8, 4) is 0 Å². The molecule has 0 saturated heterocycles. The maximum atomic E-state index is 11.6. The van der Waals surface area contributed by atoms with Crippen LogP contribution >= 0.6 is 0 Å². The summed E-state index contributed by atoms with van der Waals surface area (Å²) < 4.78 is 0. The number of rotatable bonds is 3. The summed E-state index contributed by atoms with van der Waals surface area (Å²) in [5, 5.41) is 5.30. The molecule has 0 heterocycles. The molecule has 0 bridgehead atoms. The van der Waals surface area contributed by atoms with Crippen LogP contribution in [0.15, 0.2) is 12.7 Å². The minimum Gasteiger partial charge on any atom is -0.345 e. The van der Waals surface area contributed by atoms with E-state index in [9.17, 15) is 9.59 Å². The van der Waals surface area contributed by atoms with Crippen molar-refractivity contribution in [3.05, 3.63) is 12.7 Å². The fourth-order valence-electron chi connectivity index (χ4n) is 2.60. The van der Waals surface area contributed by atoms with Gasteiger partial charge in [-0.25, -0.2) is 0 Å². The van der Waals surface area contributed by atoms with Gasteiger partial charge in [0.25, 0.3) is 0 Å². The van der Waals surface area contributed by atoms with Gasteiger partial charge < -0.3 is 10.6 Å². The molecular weight excluding hydrogens is 240 g/mol. The molecule has 0 aromatic carbocycles. The first-order valence-electron chi connectivity index (χ1n) is 7.04. The van der Waals surface area contributed by atoms with Gasteiger partial charge in [-0.1, -0.05) is 26.8 Å². The molecular formula is C15H26N2O2. The third-order valence-corrected chi connectivity index (χ3v) is 3.90. The standard InChI is InChI=1S/C15H26N2O2/c1-5-10-16-13(18)14(19)17-12-8-6-11(7-9-12)15(2,3)4/h5,11-12H,1,6-10H2,2-4H3,(H,16,18)(H,17,19). The fourth-order valence-corrected chi connectivity index (χ4v) is 2.60. The molecule has 1 fully saturated rings. The Hall–Kier alpha value is -1.32. The molecule has 0 aromatic heterocycles. The molecule has 0 aliphatic heterocycles.